The summed E-state index contributed by atoms with van der Waals surface area (Å²) in [4.78, 5) is 25.1. The van der Waals surface area contributed by atoms with Crippen molar-refractivity contribution < 1.29 is 18.0 Å². The van der Waals surface area contributed by atoms with Crippen LogP contribution in [0.15, 0.2) is 70.3 Å². The third-order valence-corrected chi connectivity index (χ3v) is 7.03. The van der Waals surface area contributed by atoms with E-state index in [0.717, 1.165) is 11.3 Å². The number of hydrogen-bond acceptors (Lipinski definition) is 5. The monoisotopic (exact) mass is 457 g/mol. The van der Waals surface area contributed by atoms with Gasteiger partial charge < -0.3 is 10.6 Å². The fourth-order valence-electron chi connectivity index (χ4n) is 2.69. The summed E-state index contributed by atoms with van der Waals surface area (Å²) >= 11 is 1.12. The first-order valence-corrected chi connectivity index (χ1v) is 12.0. The molecule has 0 aliphatic heterocycles. The topological polar surface area (TPSA) is 104 Å². The van der Waals surface area contributed by atoms with Gasteiger partial charge in [0, 0.05) is 17.8 Å². The predicted octanol–water partition coefficient (Wildman–Crippen LogP) is 4.19. The van der Waals surface area contributed by atoms with Crippen molar-refractivity contribution in [3.8, 4) is 0 Å². The summed E-state index contributed by atoms with van der Waals surface area (Å²) in [6.45, 7) is 4.53. The maximum atomic E-state index is 12.7. The van der Waals surface area contributed by atoms with Gasteiger partial charge in [0.05, 0.1) is 11.3 Å². The number of carbonyl (C=O) groups is 2. The molecule has 0 bridgehead atoms. The molecule has 1 heterocycles. The van der Waals surface area contributed by atoms with Crippen LogP contribution in [0.1, 0.15) is 34.6 Å². The standard InChI is InChI=1S/C22H23N3O4S2/c1-15(2)14-23-22(27)18-6-3-4-7-19(18)24-21(26)16-9-11-17(12-10-16)25-31(28,29)20-8-5-13-30-20/h3-13,15,25H,14H2,1-2H3,(H,23,27)(H,24,26). The summed E-state index contributed by atoms with van der Waals surface area (Å²) in [6, 6.07) is 16.0. The predicted molar refractivity (Wildman–Crippen MR) is 123 cm³/mol. The van der Waals surface area contributed by atoms with Crippen LogP contribution in [0, 0.1) is 5.92 Å². The van der Waals surface area contributed by atoms with Crippen molar-refractivity contribution in [2.24, 2.45) is 5.92 Å². The summed E-state index contributed by atoms with van der Waals surface area (Å²) in [6.07, 6.45) is 0. The second-order valence-electron chi connectivity index (χ2n) is 7.22. The normalized spacial score (nSPS) is 11.2. The highest BCUT2D eigenvalue weighted by Gasteiger charge is 2.17. The van der Waals surface area contributed by atoms with E-state index in [1.807, 2.05) is 13.8 Å². The molecule has 0 saturated heterocycles. The number of anilines is 2. The number of thiophene rings is 1. The van der Waals surface area contributed by atoms with Gasteiger partial charge in [-0.3, -0.25) is 14.3 Å². The van der Waals surface area contributed by atoms with Crippen molar-refractivity contribution in [3.63, 3.8) is 0 Å². The van der Waals surface area contributed by atoms with E-state index in [1.165, 1.54) is 30.3 Å². The highest BCUT2D eigenvalue weighted by atomic mass is 32.2. The van der Waals surface area contributed by atoms with Crippen molar-refractivity contribution in [2.45, 2.75) is 18.1 Å². The quantitative estimate of drug-likeness (QED) is 0.472. The van der Waals surface area contributed by atoms with Crippen LogP contribution in [0.25, 0.3) is 0 Å². The molecule has 0 fully saturated rings. The molecular formula is C22H23N3O4S2. The summed E-state index contributed by atoms with van der Waals surface area (Å²) < 4.78 is 27.3. The van der Waals surface area contributed by atoms with Gasteiger partial charge in [0.1, 0.15) is 4.21 Å². The number of para-hydroxylation sites is 1. The van der Waals surface area contributed by atoms with Gasteiger partial charge in [-0.05, 0) is 53.8 Å². The van der Waals surface area contributed by atoms with Crippen molar-refractivity contribution >= 4 is 44.5 Å². The third-order valence-electron chi connectivity index (χ3n) is 4.25. The molecule has 0 saturated carbocycles. The smallest absolute Gasteiger partial charge is 0.271 e. The van der Waals surface area contributed by atoms with Crippen LogP contribution in [-0.4, -0.2) is 26.8 Å². The minimum Gasteiger partial charge on any atom is -0.352 e. The van der Waals surface area contributed by atoms with Crippen molar-refractivity contribution in [1.82, 2.24) is 5.32 Å². The average molecular weight is 458 g/mol. The molecular weight excluding hydrogens is 434 g/mol. The number of sulfonamides is 1. The Balaban J connectivity index is 1.70. The highest BCUT2D eigenvalue weighted by Crippen LogP contribution is 2.21. The minimum absolute atomic E-state index is 0.210. The van der Waals surface area contributed by atoms with Crippen LogP contribution >= 0.6 is 11.3 Å². The van der Waals surface area contributed by atoms with Crippen LogP contribution in [0.4, 0.5) is 11.4 Å². The molecule has 3 rings (SSSR count). The molecule has 3 N–H and O–H groups in total. The van der Waals surface area contributed by atoms with Crippen molar-refractivity contribution in [3.05, 3.63) is 77.2 Å². The molecule has 2 amide bonds. The van der Waals surface area contributed by atoms with Crippen LogP contribution in [0.2, 0.25) is 0 Å². The first-order valence-electron chi connectivity index (χ1n) is 9.61. The molecule has 0 spiro atoms. The zero-order chi connectivity index (χ0) is 22.4. The first-order chi connectivity index (χ1) is 14.8. The summed E-state index contributed by atoms with van der Waals surface area (Å²) in [5.41, 5.74) is 1.45. The van der Waals surface area contributed by atoms with E-state index in [-0.39, 0.29) is 10.1 Å². The van der Waals surface area contributed by atoms with E-state index in [2.05, 4.69) is 15.4 Å². The van der Waals surface area contributed by atoms with Crippen molar-refractivity contribution in [2.75, 3.05) is 16.6 Å². The number of hydrogen-bond donors (Lipinski definition) is 3. The SMILES string of the molecule is CC(C)CNC(=O)c1ccccc1NC(=O)c1ccc(NS(=O)(=O)c2cccs2)cc1. The Bertz CT molecular complexity index is 1160. The summed E-state index contributed by atoms with van der Waals surface area (Å²) in [5.74, 6) is -0.360. The van der Waals surface area contributed by atoms with Crippen LogP contribution in [-0.2, 0) is 10.0 Å². The first kappa shape index (κ1) is 22.5. The number of benzene rings is 2. The Kier molecular flexibility index (Phi) is 7.09. The average Bonchev–Trinajstić information content (AvgIpc) is 3.29. The molecule has 1 aromatic heterocycles. The summed E-state index contributed by atoms with van der Waals surface area (Å²) in [7, 11) is -3.65. The second-order valence-corrected chi connectivity index (χ2v) is 10.1. The molecule has 9 heteroatoms. The van der Waals surface area contributed by atoms with Gasteiger partial charge in [-0.15, -0.1) is 11.3 Å². The number of amides is 2. The molecule has 0 aliphatic rings. The zero-order valence-electron chi connectivity index (χ0n) is 17.1. The molecule has 3 aromatic rings. The maximum Gasteiger partial charge on any atom is 0.271 e. The molecule has 0 aliphatic carbocycles. The molecule has 162 valence electrons. The largest absolute Gasteiger partial charge is 0.352 e. The van der Waals surface area contributed by atoms with E-state index in [9.17, 15) is 18.0 Å². The zero-order valence-corrected chi connectivity index (χ0v) is 18.7. The Morgan fingerprint density at radius 2 is 1.65 bits per heavy atom. The minimum atomic E-state index is -3.65. The van der Waals surface area contributed by atoms with E-state index in [4.69, 9.17) is 0 Å². The van der Waals surface area contributed by atoms with Gasteiger partial charge >= 0.3 is 0 Å². The molecule has 0 unspecified atom stereocenters. The Morgan fingerprint density at radius 3 is 2.29 bits per heavy atom. The Morgan fingerprint density at radius 1 is 0.935 bits per heavy atom. The fourth-order valence-corrected chi connectivity index (χ4v) is 4.74. The molecule has 2 aromatic carbocycles. The fraction of sp³-hybridized carbons (Fsp3) is 0.182. The second kappa shape index (κ2) is 9.76. The van der Waals surface area contributed by atoms with Gasteiger partial charge in [0.25, 0.3) is 21.8 Å². The van der Waals surface area contributed by atoms with Gasteiger partial charge in [0.15, 0.2) is 0 Å². The van der Waals surface area contributed by atoms with Gasteiger partial charge in [-0.1, -0.05) is 32.0 Å². The van der Waals surface area contributed by atoms with E-state index >= 15 is 0 Å². The molecule has 0 atom stereocenters. The van der Waals surface area contributed by atoms with Gasteiger partial charge in [-0.2, -0.15) is 0 Å². The lowest BCUT2D eigenvalue weighted by Crippen LogP contribution is -2.28. The van der Waals surface area contributed by atoms with E-state index in [0.29, 0.717) is 35.0 Å². The molecule has 0 radical (unpaired) electrons. The lowest BCUT2D eigenvalue weighted by atomic mass is 10.1. The highest BCUT2D eigenvalue weighted by molar-refractivity contribution is 7.94. The Labute approximate surface area is 185 Å². The van der Waals surface area contributed by atoms with Crippen LogP contribution in [0.5, 0.6) is 0 Å². The summed E-state index contributed by atoms with van der Waals surface area (Å²) in [5, 5.41) is 7.27. The third kappa shape index (κ3) is 5.93. The maximum absolute atomic E-state index is 12.7. The van der Waals surface area contributed by atoms with Crippen LogP contribution in [0.3, 0.4) is 0 Å². The molecule has 31 heavy (non-hydrogen) atoms. The van der Waals surface area contributed by atoms with Crippen LogP contribution < -0.4 is 15.4 Å². The molecule has 7 nitrogen and oxygen atoms in total. The number of nitrogens with one attached hydrogen (secondary N) is 3. The lowest BCUT2D eigenvalue weighted by molar-refractivity contribution is 0.0950. The van der Waals surface area contributed by atoms with E-state index < -0.39 is 15.9 Å². The van der Waals surface area contributed by atoms with E-state index in [1.54, 1.807) is 35.7 Å². The Hall–Kier alpha value is -3.17. The lowest BCUT2D eigenvalue weighted by Gasteiger charge is -2.13. The number of rotatable bonds is 8. The van der Waals surface area contributed by atoms with Crippen molar-refractivity contribution in [1.29, 1.82) is 0 Å². The number of carbonyl (C=O) groups excluding carboxylic acids is 2. The van der Waals surface area contributed by atoms with Gasteiger partial charge in [-0.25, -0.2) is 8.42 Å². The van der Waals surface area contributed by atoms with Gasteiger partial charge in [0.2, 0.25) is 0 Å².